The average molecular weight is 217 g/mol. The van der Waals surface area contributed by atoms with Crippen molar-refractivity contribution in [1.82, 2.24) is 10.2 Å². The van der Waals surface area contributed by atoms with Crippen molar-refractivity contribution < 1.29 is 14.7 Å². The highest BCUT2D eigenvalue weighted by Crippen LogP contribution is 1.81. The summed E-state index contributed by atoms with van der Waals surface area (Å²) < 4.78 is 0. The monoisotopic (exact) mass is 217 g/mol. The molecule has 8 heteroatoms. The van der Waals surface area contributed by atoms with Gasteiger partial charge in [-0.25, -0.2) is 0 Å². The van der Waals surface area contributed by atoms with Crippen molar-refractivity contribution in [3.63, 3.8) is 0 Å². The molecule has 1 unspecified atom stereocenters. The van der Waals surface area contributed by atoms with Gasteiger partial charge in [0.1, 0.15) is 6.04 Å². The molecule has 1 amide bonds. The van der Waals surface area contributed by atoms with E-state index < -0.39 is 17.9 Å². The Morgan fingerprint density at radius 2 is 2.13 bits per heavy atom. The Morgan fingerprint density at radius 1 is 1.60 bits per heavy atom. The third kappa shape index (κ3) is 5.47. The fourth-order valence-corrected chi connectivity index (χ4v) is 0.668. The number of carbonyl (C=O) groups excluding carboxylic acids is 1. The summed E-state index contributed by atoms with van der Waals surface area (Å²) in [5.41, 5.74) is 10.3. The summed E-state index contributed by atoms with van der Waals surface area (Å²) in [6, 6.07) is -1.13. The van der Waals surface area contributed by atoms with Gasteiger partial charge in [-0.1, -0.05) is 0 Å². The van der Waals surface area contributed by atoms with Crippen molar-refractivity contribution in [2.75, 3.05) is 20.1 Å². The van der Waals surface area contributed by atoms with E-state index in [-0.39, 0.29) is 19.0 Å². The summed E-state index contributed by atoms with van der Waals surface area (Å²) in [5.74, 6) is -1.87. The fourth-order valence-electron chi connectivity index (χ4n) is 0.668. The van der Waals surface area contributed by atoms with Crippen molar-refractivity contribution in [2.24, 2.45) is 11.5 Å². The van der Waals surface area contributed by atoms with Crippen LogP contribution in [0.2, 0.25) is 0 Å². The van der Waals surface area contributed by atoms with E-state index in [0.29, 0.717) is 0 Å². The molecule has 0 heterocycles. The Hall–Kier alpha value is -1.83. The lowest BCUT2D eigenvalue weighted by Gasteiger charge is -2.16. The Balaban J connectivity index is 3.85. The quantitative estimate of drug-likeness (QED) is 0.251. The number of nitrogens with zero attached hydrogens (tertiary/aromatic N) is 1. The molecular weight excluding hydrogens is 202 g/mol. The lowest BCUT2D eigenvalue weighted by atomic mass is 10.3. The molecule has 0 aromatic heterocycles. The summed E-state index contributed by atoms with van der Waals surface area (Å²) in [4.78, 5) is 22.6. The second-order valence-corrected chi connectivity index (χ2v) is 2.99. The van der Waals surface area contributed by atoms with Crippen molar-refractivity contribution in [3.8, 4) is 0 Å². The molecule has 0 saturated carbocycles. The number of carboxylic acid groups (broad SMARTS) is 1. The van der Waals surface area contributed by atoms with Crippen LogP contribution in [0.4, 0.5) is 0 Å². The summed E-state index contributed by atoms with van der Waals surface area (Å²) in [5, 5.41) is 17.7. The number of hydrogen-bond acceptors (Lipinski definition) is 4. The molecule has 0 radical (unpaired) electrons. The number of hydrogen-bond donors (Lipinski definition) is 5. The number of likely N-dealkylation sites (N-methyl/N-ethyl adjacent to an activating group) is 1. The summed E-state index contributed by atoms with van der Waals surface area (Å²) in [6.45, 7) is -0.262. The maximum atomic E-state index is 11.1. The molecule has 0 aromatic rings. The van der Waals surface area contributed by atoms with Gasteiger partial charge in [-0.3, -0.25) is 15.0 Å². The predicted octanol–water partition coefficient (Wildman–Crippen LogP) is -2.66. The Bertz CT molecular complexity index is 267. The lowest BCUT2D eigenvalue weighted by Crippen LogP contribution is -2.46. The molecule has 0 aromatic carbocycles. The van der Waals surface area contributed by atoms with Crippen LogP contribution in [0.15, 0.2) is 0 Å². The molecule has 0 bridgehead atoms. The highest BCUT2D eigenvalue weighted by molar-refractivity contribution is 5.84. The number of carbonyl (C=O) groups is 2. The smallest absolute Gasteiger partial charge is 0.322 e. The summed E-state index contributed by atoms with van der Waals surface area (Å²) in [6.07, 6.45) is 0. The lowest BCUT2D eigenvalue weighted by molar-refractivity contribution is -0.138. The zero-order chi connectivity index (χ0) is 12.0. The van der Waals surface area contributed by atoms with Crippen LogP contribution in [-0.4, -0.2) is 54.0 Å². The molecule has 0 aliphatic carbocycles. The Kier molecular flexibility index (Phi) is 5.10. The van der Waals surface area contributed by atoms with E-state index in [1.807, 2.05) is 0 Å². The minimum Gasteiger partial charge on any atom is -0.480 e. The molecule has 0 aliphatic heterocycles. The highest BCUT2D eigenvalue weighted by atomic mass is 16.4. The van der Waals surface area contributed by atoms with Crippen LogP contribution < -0.4 is 16.8 Å². The van der Waals surface area contributed by atoms with Crippen LogP contribution in [0.5, 0.6) is 0 Å². The first kappa shape index (κ1) is 13.2. The first-order chi connectivity index (χ1) is 6.84. The van der Waals surface area contributed by atoms with Gasteiger partial charge in [0.2, 0.25) is 5.91 Å². The normalized spacial score (nSPS) is 11.6. The Morgan fingerprint density at radius 3 is 2.53 bits per heavy atom. The molecule has 86 valence electrons. The van der Waals surface area contributed by atoms with Gasteiger partial charge in [-0.05, 0) is 0 Å². The van der Waals surface area contributed by atoms with E-state index in [9.17, 15) is 9.59 Å². The van der Waals surface area contributed by atoms with Crippen LogP contribution in [0.3, 0.4) is 0 Å². The SMILES string of the molecule is CN(CC(=O)NCC(N)C(=O)O)C(=N)N. The number of nitrogens with two attached hydrogens (primary N) is 2. The van der Waals surface area contributed by atoms with E-state index in [2.05, 4.69) is 5.32 Å². The van der Waals surface area contributed by atoms with E-state index >= 15 is 0 Å². The van der Waals surface area contributed by atoms with Crippen LogP contribution in [-0.2, 0) is 9.59 Å². The topological polar surface area (TPSA) is 146 Å². The predicted molar refractivity (Wildman–Crippen MR) is 53.2 cm³/mol. The van der Waals surface area contributed by atoms with E-state index in [1.165, 1.54) is 11.9 Å². The van der Waals surface area contributed by atoms with Crippen molar-refractivity contribution >= 4 is 17.8 Å². The second kappa shape index (κ2) is 5.81. The van der Waals surface area contributed by atoms with Crippen molar-refractivity contribution in [1.29, 1.82) is 5.41 Å². The first-order valence-corrected chi connectivity index (χ1v) is 4.14. The van der Waals surface area contributed by atoms with Crippen LogP contribution >= 0.6 is 0 Å². The van der Waals surface area contributed by atoms with Gasteiger partial charge in [0.15, 0.2) is 5.96 Å². The average Bonchev–Trinajstić information content (AvgIpc) is 2.13. The van der Waals surface area contributed by atoms with E-state index in [1.54, 1.807) is 0 Å². The molecular formula is C7H15N5O3. The first-order valence-electron chi connectivity index (χ1n) is 4.14. The Labute approximate surface area is 86.7 Å². The number of amides is 1. The fraction of sp³-hybridized carbons (Fsp3) is 0.571. The van der Waals surface area contributed by atoms with Crippen LogP contribution in [0.1, 0.15) is 0 Å². The van der Waals surface area contributed by atoms with Gasteiger partial charge >= 0.3 is 5.97 Å². The third-order valence-corrected chi connectivity index (χ3v) is 1.63. The molecule has 1 atom stereocenters. The van der Waals surface area contributed by atoms with Gasteiger partial charge in [0.25, 0.3) is 0 Å². The number of guanidine groups is 1. The molecule has 0 rings (SSSR count). The zero-order valence-corrected chi connectivity index (χ0v) is 8.36. The van der Waals surface area contributed by atoms with Gasteiger partial charge < -0.3 is 26.8 Å². The van der Waals surface area contributed by atoms with Crippen LogP contribution in [0.25, 0.3) is 0 Å². The van der Waals surface area contributed by atoms with Gasteiger partial charge in [0.05, 0.1) is 6.54 Å². The molecule has 0 fully saturated rings. The minimum absolute atomic E-state index is 0.109. The summed E-state index contributed by atoms with van der Waals surface area (Å²) in [7, 11) is 1.47. The van der Waals surface area contributed by atoms with E-state index in [4.69, 9.17) is 22.0 Å². The standard InChI is InChI=1S/C7H15N5O3/c1-12(7(9)10)3-5(13)11-2-4(8)6(14)15/h4H,2-3,8H2,1H3,(H3,9,10)(H,11,13)(H,14,15). The minimum atomic E-state index is -1.18. The van der Waals surface area contributed by atoms with Crippen molar-refractivity contribution in [3.05, 3.63) is 0 Å². The van der Waals surface area contributed by atoms with E-state index in [0.717, 1.165) is 0 Å². The maximum Gasteiger partial charge on any atom is 0.322 e. The second-order valence-electron chi connectivity index (χ2n) is 2.99. The third-order valence-electron chi connectivity index (χ3n) is 1.63. The van der Waals surface area contributed by atoms with Gasteiger partial charge in [-0.2, -0.15) is 0 Å². The number of nitrogens with one attached hydrogen (secondary N) is 2. The van der Waals surface area contributed by atoms with Crippen molar-refractivity contribution in [2.45, 2.75) is 6.04 Å². The molecule has 0 spiro atoms. The number of aliphatic carboxylic acids is 1. The molecule has 7 N–H and O–H groups in total. The molecule has 0 aliphatic rings. The zero-order valence-electron chi connectivity index (χ0n) is 8.36. The maximum absolute atomic E-state index is 11.1. The van der Waals surface area contributed by atoms with Gasteiger partial charge in [-0.15, -0.1) is 0 Å². The number of rotatable bonds is 5. The molecule has 0 saturated heterocycles. The highest BCUT2D eigenvalue weighted by Gasteiger charge is 2.13. The number of carboxylic acids is 1. The largest absolute Gasteiger partial charge is 0.480 e. The molecule has 8 nitrogen and oxygen atoms in total. The molecule has 15 heavy (non-hydrogen) atoms. The van der Waals surface area contributed by atoms with Crippen LogP contribution in [0, 0.1) is 5.41 Å². The van der Waals surface area contributed by atoms with Gasteiger partial charge in [0, 0.05) is 13.6 Å². The summed E-state index contributed by atoms with van der Waals surface area (Å²) >= 11 is 0.